The molecule has 0 bridgehead atoms. The third-order valence-corrected chi connectivity index (χ3v) is 6.30. The molecule has 37 heavy (non-hydrogen) atoms. The molecule has 0 saturated heterocycles. The van der Waals surface area contributed by atoms with E-state index in [1.54, 1.807) is 6.92 Å². The second kappa shape index (κ2) is 9.50. The van der Waals surface area contributed by atoms with Crippen LogP contribution >= 0.6 is 0 Å². The number of rotatable bonds is 6. The lowest BCUT2D eigenvalue weighted by Gasteiger charge is -2.35. The van der Waals surface area contributed by atoms with Crippen LogP contribution in [0.2, 0.25) is 0 Å². The summed E-state index contributed by atoms with van der Waals surface area (Å²) in [6.45, 7) is 3.05. The fraction of sp³-hybridized carbons (Fsp3) is 0.346. The van der Waals surface area contributed by atoms with Crippen LogP contribution in [0.25, 0.3) is 11.1 Å². The van der Waals surface area contributed by atoms with E-state index < -0.39 is 86.3 Å². The minimum Gasteiger partial charge on any atom is -0.491 e. The first-order valence-electron chi connectivity index (χ1n) is 11.4. The number of ether oxygens (including phenoxy) is 2. The predicted octanol–water partition coefficient (Wildman–Crippen LogP) is 8.03. The monoisotopic (exact) mass is 532 g/mol. The molecule has 0 radical (unpaired) electrons. The molecule has 11 heteroatoms. The second-order valence-electron chi connectivity index (χ2n) is 8.57. The zero-order valence-electron chi connectivity index (χ0n) is 19.5. The van der Waals surface area contributed by atoms with Crippen molar-refractivity contribution in [3.8, 4) is 22.6 Å². The molecule has 2 aromatic carbocycles. The molecule has 0 saturated carbocycles. The van der Waals surface area contributed by atoms with Crippen molar-refractivity contribution in [3.05, 3.63) is 70.3 Å². The molecule has 2 aliphatic rings. The fourth-order valence-electron chi connectivity index (χ4n) is 4.52. The SMILES string of the molecule is CCCC1CC=C(C(=O)Oc2ccc3c(c2F)C(F)(F)C(F)(F)c2c-3ccc(OCC)c2F)C(F)=C1F. The van der Waals surface area contributed by atoms with Gasteiger partial charge in [-0.15, -0.1) is 0 Å². The number of esters is 1. The van der Waals surface area contributed by atoms with Gasteiger partial charge in [-0.25, -0.2) is 22.4 Å². The van der Waals surface area contributed by atoms with Crippen molar-refractivity contribution in [1.82, 2.24) is 0 Å². The minimum atomic E-state index is -5.28. The molecule has 2 aliphatic carbocycles. The summed E-state index contributed by atoms with van der Waals surface area (Å²) in [5.41, 5.74) is -5.85. The Morgan fingerprint density at radius 1 is 0.892 bits per heavy atom. The van der Waals surface area contributed by atoms with Gasteiger partial charge in [0.2, 0.25) is 0 Å². The maximum absolute atomic E-state index is 15.2. The van der Waals surface area contributed by atoms with Gasteiger partial charge < -0.3 is 9.47 Å². The topological polar surface area (TPSA) is 35.5 Å². The lowest BCUT2D eigenvalue weighted by molar-refractivity contribution is -0.228. The first-order valence-corrected chi connectivity index (χ1v) is 11.4. The number of halogens is 8. The van der Waals surface area contributed by atoms with Gasteiger partial charge in [-0.05, 0) is 55.2 Å². The molecule has 1 atom stereocenters. The third-order valence-electron chi connectivity index (χ3n) is 6.30. The summed E-state index contributed by atoms with van der Waals surface area (Å²) >= 11 is 0. The average Bonchev–Trinajstić information content (AvgIpc) is 2.83. The number of hydrogen-bond acceptors (Lipinski definition) is 3. The van der Waals surface area contributed by atoms with E-state index in [1.165, 1.54) is 6.92 Å². The van der Waals surface area contributed by atoms with E-state index in [0.29, 0.717) is 18.9 Å². The Hall–Kier alpha value is -3.37. The molecule has 0 fully saturated rings. The Morgan fingerprint density at radius 2 is 1.43 bits per heavy atom. The van der Waals surface area contributed by atoms with Gasteiger partial charge in [0.15, 0.2) is 29.0 Å². The van der Waals surface area contributed by atoms with Crippen LogP contribution in [0.1, 0.15) is 44.2 Å². The quantitative estimate of drug-likeness (QED) is 0.215. The Labute approximate surface area is 206 Å². The molecule has 2 aromatic rings. The van der Waals surface area contributed by atoms with E-state index >= 15 is 13.2 Å². The van der Waals surface area contributed by atoms with Crippen molar-refractivity contribution in [1.29, 1.82) is 0 Å². The molecule has 198 valence electrons. The Bertz CT molecular complexity index is 1330. The van der Waals surface area contributed by atoms with Crippen molar-refractivity contribution in [2.24, 2.45) is 5.92 Å². The molecule has 1 unspecified atom stereocenters. The molecule has 4 rings (SSSR count). The molecule has 0 N–H and O–H groups in total. The highest BCUT2D eigenvalue weighted by molar-refractivity contribution is 5.95. The van der Waals surface area contributed by atoms with E-state index in [2.05, 4.69) is 0 Å². The zero-order chi connectivity index (χ0) is 27.3. The van der Waals surface area contributed by atoms with Crippen molar-refractivity contribution in [3.63, 3.8) is 0 Å². The lowest BCUT2D eigenvalue weighted by Crippen LogP contribution is -2.41. The Balaban J connectivity index is 1.77. The minimum absolute atomic E-state index is 0.0550. The van der Waals surface area contributed by atoms with Crippen molar-refractivity contribution in [2.45, 2.75) is 45.0 Å². The Kier molecular flexibility index (Phi) is 6.85. The number of carbonyl (C=O) groups excluding carboxylic acids is 1. The molecule has 0 spiro atoms. The maximum atomic E-state index is 15.2. The fourth-order valence-corrected chi connectivity index (χ4v) is 4.52. The van der Waals surface area contributed by atoms with E-state index in [-0.39, 0.29) is 13.0 Å². The molecule has 0 aromatic heterocycles. The van der Waals surface area contributed by atoms with Crippen LogP contribution in [0.15, 0.2) is 47.6 Å². The maximum Gasteiger partial charge on any atom is 0.346 e. The highest BCUT2D eigenvalue weighted by Crippen LogP contribution is 2.60. The van der Waals surface area contributed by atoms with Gasteiger partial charge in [-0.1, -0.05) is 19.4 Å². The first-order chi connectivity index (χ1) is 17.4. The van der Waals surface area contributed by atoms with E-state index in [1.807, 2.05) is 0 Å². The molecule has 3 nitrogen and oxygen atoms in total. The highest BCUT2D eigenvalue weighted by Gasteiger charge is 2.65. The van der Waals surface area contributed by atoms with Gasteiger partial charge in [0, 0.05) is 5.92 Å². The summed E-state index contributed by atoms with van der Waals surface area (Å²) in [5.74, 6) is -21.3. The van der Waals surface area contributed by atoms with Crippen LogP contribution in [0.5, 0.6) is 11.5 Å². The number of allylic oxidation sites excluding steroid dienone is 2. The largest absolute Gasteiger partial charge is 0.491 e. The number of carbonyl (C=O) groups is 1. The lowest BCUT2D eigenvalue weighted by atomic mass is 9.79. The van der Waals surface area contributed by atoms with E-state index in [0.717, 1.165) is 24.3 Å². The summed E-state index contributed by atoms with van der Waals surface area (Å²) in [7, 11) is 0. The zero-order valence-corrected chi connectivity index (χ0v) is 19.5. The standard InChI is InChI=1S/C26H20F8O3/c1-3-5-12-6-7-15(21(28)20(12)27)24(35)37-17-11-9-14-13-8-10-16(36-4-2)22(29)18(13)25(31,32)26(33,34)19(14)23(17)30/h7-12H,3-6H2,1-2H3. The van der Waals surface area contributed by atoms with Gasteiger partial charge in [0.25, 0.3) is 0 Å². The molecule has 0 aliphatic heterocycles. The molecule has 0 heterocycles. The summed E-state index contributed by atoms with van der Waals surface area (Å²) in [6, 6.07) is 3.27. The molecule has 0 amide bonds. The van der Waals surface area contributed by atoms with Crippen molar-refractivity contribution >= 4 is 5.97 Å². The van der Waals surface area contributed by atoms with Crippen LogP contribution in [0.4, 0.5) is 35.1 Å². The van der Waals surface area contributed by atoms with Crippen LogP contribution in [0, 0.1) is 17.6 Å². The predicted molar refractivity (Wildman–Crippen MR) is 117 cm³/mol. The third kappa shape index (κ3) is 4.08. The van der Waals surface area contributed by atoms with Crippen molar-refractivity contribution < 1.29 is 49.4 Å². The smallest absolute Gasteiger partial charge is 0.346 e. The van der Waals surface area contributed by atoms with E-state index in [9.17, 15) is 26.7 Å². The first kappa shape index (κ1) is 26.7. The molecular formula is C26H20F8O3. The summed E-state index contributed by atoms with van der Waals surface area (Å²) in [4.78, 5) is 12.4. The van der Waals surface area contributed by atoms with Crippen molar-refractivity contribution in [2.75, 3.05) is 6.61 Å². The summed E-state index contributed by atoms with van der Waals surface area (Å²) in [5, 5.41) is 0. The van der Waals surface area contributed by atoms with Gasteiger partial charge in [0.05, 0.1) is 23.3 Å². The van der Waals surface area contributed by atoms with Gasteiger partial charge in [-0.3, -0.25) is 0 Å². The van der Waals surface area contributed by atoms with Gasteiger partial charge in [0.1, 0.15) is 5.83 Å². The van der Waals surface area contributed by atoms with Gasteiger partial charge in [-0.2, -0.15) is 17.6 Å². The average molecular weight is 532 g/mol. The molecular weight excluding hydrogens is 512 g/mol. The number of fused-ring (bicyclic) bond motifs is 3. The number of alkyl halides is 4. The summed E-state index contributed by atoms with van der Waals surface area (Å²) < 4.78 is 128. The van der Waals surface area contributed by atoms with Crippen LogP contribution in [-0.2, 0) is 16.6 Å². The summed E-state index contributed by atoms with van der Waals surface area (Å²) in [6.07, 6.45) is 1.82. The van der Waals surface area contributed by atoms with Crippen LogP contribution < -0.4 is 9.47 Å². The number of hydrogen-bond donors (Lipinski definition) is 0. The van der Waals surface area contributed by atoms with Gasteiger partial charge >= 0.3 is 17.8 Å². The normalized spacial score (nSPS) is 19.6. The van der Waals surface area contributed by atoms with Crippen LogP contribution in [0.3, 0.4) is 0 Å². The van der Waals surface area contributed by atoms with Crippen LogP contribution in [-0.4, -0.2) is 12.6 Å². The van der Waals surface area contributed by atoms with E-state index in [4.69, 9.17) is 9.47 Å². The number of benzene rings is 2. The highest BCUT2D eigenvalue weighted by atomic mass is 19.3. The Morgan fingerprint density at radius 3 is 1.97 bits per heavy atom. The second-order valence-corrected chi connectivity index (χ2v) is 8.57.